The molecule has 0 amide bonds. The van der Waals surface area contributed by atoms with Gasteiger partial charge in [-0.25, -0.2) is 0 Å². The van der Waals surface area contributed by atoms with Crippen LogP contribution in [0.15, 0.2) is 152 Å². The molecule has 6 atom stereocenters. The predicted octanol–water partition coefficient (Wildman–Crippen LogP) is 10.3. The fourth-order valence-electron chi connectivity index (χ4n) is 11.8. The fraction of sp³-hybridized carbons (Fsp3) is 0.254. The molecule has 0 aliphatic heterocycles. The zero-order valence-corrected chi connectivity index (χ0v) is 39.5. The van der Waals surface area contributed by atoms with Crippen molar-refractivity contribution in [1.29, 1.82) is 0 Å². The maximum absolute atomic E-state index is 15.1. The number of methoxy groups -OCH3 is 4. The van der Waals surface area contributed by atoms with E-state index in [9.17, 15) is 24.6 Å². The highest BCUT2D eigenvalue weighted by Gasteiger charge is 2.62. The van der Waals surface area contributed by atoms with Crippen molar-refractivity contribution in [2.45, 2.75) is 42.6 Å². The van der Waals surface area contributed by atoms with Crippen LogP contribution in [0.25, 0.3) is 21.9 Å². The summed E-state index contributed by atoms with van der Waals surface area (Å²) in [7, 11) is 6.04. The first kappa shape index (κ1) is 46.6. The van der Waals surface area contributed by atoms with E-state index in [4.69, 9.17) is 28.4 Å². The van der Waals surface area contributed by atoms with Crippen LogP contribution >= 0.6 is 0 Å². The third kappa shape index (κ3) is 8.26. The predicted molar refractivity (Wildman–Crippen MR) is 264 cm³/mol. The number of carbonyl (C=O) groups excluding carboxylic acids is 2. The molecule has 0 heterocycles. The maximum Gasteiger partial charge on any atom is 0.315 e. The molecule has 3 aliphatic carbocycles. The fourth-order valence-corrected chi connectivity index (χ4v) is 11.8. The van der Waals surface area contributed by atoms with Crippen LogP contribution in [0.1, 0.15) is 57.1 Å². The summed E-state index contributed by atoms with van der Waals surface area (Å²) in [5.41, 5.74) is 5.72. The van der Waals surface area contributed by atoms with Gasteiger partial charge in [0.2, 0.25) is 0 Å². The van der Waals surface area contributed by atoms with Crippen molar-refractivity contribution in [2.75, 3.05) is 28.4 Å². The Morgan fingerprint density at radius 3 is 1.37 bits per heavy atom. The lowest BCUT2D eigenvalue weighted by molar-refractivity contribution is -0.168. The molecule has 0 aromatic heterocycles. The van der Waals surface area contributed by atoms with Crippen molar-refractivity contribution in [2.24, 2.45) is 23.7 Å². The third-order valence-corrected chi connectivity index (χ3v) is 15.0. The molecule has 7 aromatic rings. The molecular formula is C59H52O12. The van der Waals surface area contributed by atoms with Crippen molar-refractivity contribution in [3.63, 3.8) is 0 Å². The van der Waals surface area contributed by atoms with Crippen LogP contribution in [0.3, 0.4) is 0 Å². The van der Waals surface area contributed by atoms with Crippen molar-refractivity contribution in [3.05, 3.63) is 185 Å². The highest BCUT2D eigenvalue weighted by molar-refractivity contribution is 5.96. The van der Waals surface area contributed by atoms with Gasteiger partial charge in [0.05, 0.1) is 52.1 Å². The minimum atomic E-state index is -1.09. The first-order chi connectivity index (χ1) is 34.5. The maximum atomic E-state index is 15.1. The van der Waals surface area contributed by atoms with Crippen molar-refractivity contribution in [3.8, 4) is 39.9 Å². The molecule has 0 radical (unpaired) electrons. The second-order valence-electron chi connectivity index (χ2n) is 18.4. The lowest BCUT2D eigenvalue weighted by Gasteiger charge is -2.49. The average molecular weight is 953 g/mol. The van der Waals surface area contributed by atoms with Gasteiger partial charge in [0.1, 0.15) is 34.9 Å². The van der Waals surface area contributed by atoms with E-state index in [-0.39, 0.29) is 5.75 Å². The quantitative estimate of drug-likeness (QED) is 0.0740. The van der Waals surface area contributed by atoms with Crippen LogP contribution in [-0.4, -0.2) is 68.6 Å². The van der Waals surface area contributed by atoms with Crippen LogP contribution in [0, 0.1) is 23.7 Å². The zero-order valence-electron chi connectivity index (χ0n) is 39.5. The number of esters is 2. The summed E-state index contributed by atoms with van der Waals surface area (Å²) < 4.78 is 36.0. The van der Waals surface area contributed by atoms with E-state index in [2.05, 4.69) is 0 Å². The van der Waals surface area contributed by atoms with Gasteiger partial charge in [-0.05, 0) is 92.4 Å². The molecule has 0 spiro atoms. The average Bonchev–Trinajstić information content (AvgIpc) is 3.78. The third-order valence-electron chi connectivity index (χ3n) is 15.0. The highest BCUT2D eigenvalue weighted by Crippen LogP contribution is 2.63. The van der Waals surface area contributed by atoms with Crippen LogP contribution in [0.2, 0.25) is 0 Å². The van der Waals surface area contributed by atoms with E-state index in [1.54, 1.807) is 84.9 Å². The molecule has 71 heavy (non-hydrogen) atoms. The Morgan fingerprint density at radius 1 is 0.423 bits per heavy atom. The monoisotopic (exact) mass is 952 g/mol. The van der Waals surface area contributed by atoms with E-state index in [0.717, 1.165) is 16.5 Å². The molecule has 12 heteroatoms. The van der Waals surface area contributed by atoms with Gasteiger partial charge in [0.15, 0.2) is 0 Å². The van der Waals surface area contributed by atoms with Gasteiger partial charge in [-0.1, -0.05) is 109 Å². The number of hydrogen-bond acceptors (Lipinski definition) is 10. The Hall–Kier alpha value is -8.12. The number of ether oxygens (including phenoxy) is 6. The van der Waals surface area contributed by atoms with Crippen LogP contribution in [0.4, 0.5) is 0 Å². The lowest BCUT2D eigenvalue weighted by atomic mass is 9.52. The number of fused-ring (bicyclic) bond motifs is 2. The number of para-hydroxylation sites is 3. The number of rotatable bonds is 15. The topological polar surface area (TPSA) is 164 Å². The molecule has 10 rings (SSSR count). The molecule has 360 valence electrons. The highest BCUT2D eigenvalue weighted by atomic mass is 16.5. The van der Waals surface area contributed by atoms with Gasteiger partial charge in [0.25, 0.3) is 0 Å². The van der Waals surface area contributed by atoms with E-state index in [1.807, 2.05) is 66.7 Å². The minimum Gasteiger partial charge on any atom is -0.496 e. The first-order valence-electron chi connectivity index (χ1n) is 23.6. The summed E-state index contributed by atoms with van der Waals surface area (Å²) in [6, 6.07) is 46.0. The number of carboxylic acids is 2. The number of benzene rings is 7. The van der Waals surface area contributed by atoms with E-state index >= 15 is 4.79 Å². The molecule has 12 nitrogen and oxygen atoms in total. The Kier molecular flexibility index (Phi) is 12.7. The standard InChI is InChI=1S/C59H52O12/c1-66-43-22-12-9-19-39(43)48-52(56(60)61)49(40-20-10-13-23-44(40)67-2)54(48)59(65)71-47-31-36(27-35-17-7-8-18-38(35)47)34-25-26-46(69-4)42(30-34)51-53(57(62)63)50(41-21-11-14-24-45(41)68-3)55(51)58(64)70-37-28-32-15-5-6-16-33(32)29-37/h5-27,30-31,37,48-55H,28-29H2,1-4H3,(H,60,61)(H,62,63)/t48-,49-,50?,51-,52?,53-,54?,55?/m0/s1. The molecule has 3 aliphatic rings. The summed E-state index contributed by atoms with van der Waals surface area (Å²) in [5, 5.41) is 23.3. The number of carbonyl (C=O) groups is 4. The summed E-state index contributed by atoms with van der Waals surface area (Å²) >= 11 is 0. The molecule has 2 fully saturated rings. The summed E-state index contributed by atoms with van der Waals surface area (Å²) in [6.45, 7) is 0. The van der Waals surface area contributed by atoms with Crippen LogP contribution in [-0.2, 0) is 36.8 Å². The summed E-state index contributed by atoms with van der Waals surface area (Å²) in [5.74, 6) is -8.64. The molecule has 0 saturated heterocycles. The van der Waals surface area contributed by atoms with Gasteiger partial charge in [-0.15, -0.1) is 0 Å². The molecule has 0 bridgehead atoms. The van der Waals surface area contributed by atoms with Crippen molar-refractivity contribution < 1.29 is 57.8 Å². The second kappa shape index (κ2) is 19.3. The van der Waals surface area contributed by atoms with Crippen LogP contribution in [0.5, 0.6) is 28.7 Å². The minimum absolute atomic E-state index is 0.235. The number of hydrogen-bond donors (Lipinski definition) is 2. The Labute approximate surface area is 410 Å². The Balaban J connectivity index is 1.05. The molecule has 2 N–H and O–H groups in total. The second-order valence-corrected chi connectivity index (χ2v) is 18.4. The van der Waals surface area contributed by atoms with E-state index < -0.39 is 77.3 Å². The SMILES string of the molecule is COc1ccccc1C1C(C(=O)OC2Cc3ccccc3C2)[C@@H](c2cc(-c3cc(OC(=O)C4[C@@H](c5ccccc5OC)C(C(=O)O)[C@@H]4c4ccccc4OC)c4ccccc4c3)ccc2OC)[C@H]1C(=O)O. The van der Waals surface area contributed by atoms with Gasteiger partial charge < -0.3 is 38.6 Å². The summed E-state index contributed by atoms with van der Waals surface area (Å²) in [6.07, 6.45) is 0.690. The Bertz CT molecular complexity index is 3120. The van der Waals surface area contributed by atoms with Crippen LogP contribution < -0.4 is 23.7 Å². The first-order valence-corrected chi connectivity index (χ1v) is 23.6. The van der Waals surface area contributed by atoms with Gasteiger partial charge in [-0.2, -0.15) is 0 Å². The van der Waals surface area contributed by atoms with Gasteiger partial charge >= 0.3 is 23.9 Å². The molecule has 2 unspecified atom stereocenters. The van der Waals surface area contributed by atoms with Gasteiger partial charge in [-0.3, -0.25) is 19.2 Å². The molecular weight excluding hydrogens is 901 g/mol. The van der Waals surface area contributed by atoms with Crippen molar-refractivity contribution in [1.82, 2.24) is 0 Å². The Morgan fingerprint density at radius 2 is 0.859 bits per heavy atom. The van der Waals surface area contributed by atoms with Crippen molar-refractivity contribution >= 4 is 34.6 Å². The molecule has 2 saturated carbocycles. The lowest BCUT2D eigenvalue weighted by Crippen LogP contribution is -2.52. The number of aliphatic carboxylic acids is 2. The smallest absolute Gasteiger partial charge is 0.315 e. The van der Waals surface area contributed by atoms with E-state index in [0.29, 0.717) is 74.6 Å². The van der Waals surface area contributed by atoms with Gasteiger partial charge in [0, 0.05) is 41.9 Å². The normalized spacial score (nSPS) is 22.3. The number of carboxylic acid groups (broad SMARTS) is 2. The van der Waals surface area contributed by atoms with E-state index in [1.165, 1.54) is 28.4 Å². The molecule has 7 aromatic carbocycles. The zero-order chi connectivity index (χ0) is 49.5. The largest absolute Gasteiger partial charge is 0.496 e. The summed E-state index contributed by atoms with van der Waals surface area (Å²) in [4.78, 5) is 56.6.